The van der Waals surface area contributed by atoms with E-state index in [1.165, 1.54) is 6.08 Å². The summed E-state index contributed by atoms with van der Waals surface area (Å²) >= 11 is 0. The van der Waals surface area contributed by atoms with Crippen LogP contribution in [0.15, 0.2) is 35.5 Å². The molecule has 2 heterocycles. The molecule has 1 aromatic heterocycles. The second kappa shape index (κ2) is 9.17. The number of nitrogens with zero attached hydrogens (tertiary/aromatic N) is 2. The Morgan fingerprint density at radius 3 is 2.84 bits per heavy atom. The molecule has 0 aliphatic carbocycles. The van der Waals surface area contributed by atoms with Gasteiger partial charge >= 0.3 is 0 Å². The number of carbonyl (C=O) groups excluding carboxylic acids is 1. The van der Waals surface area contributed by atoms with Gasteiger partial charge in [-0.25, -0.2) is 8.42 Å². The van der Waals surface area contributed by atoms with Crippen molar-refractivity contribution in [2.24, 2.45) is 0 Å². The molecule has 8 heteroatoms. The molecule has 1 amide bonds. The van der Waals surface area contributed by atoms with E-state index in [0.717, 1.165) is 17.1 Å². The third-order valence-corrected chi connectivity index (χ3v) is 5.92. The zero-order chi connectivity index (χ0) is 18.3. The first-order valence-corrected chi connectivity index (χ1v) is 10.1. The molecule has 0 bridgehead atoms. The lowest BCUT2D eigenvalue weighted by molar-refractivity contribution is -0.133. The highest BCUT2D eigenvalue weighted by Crippen LogP contribution is 2.16. The van der Waals surface area contributed by atoms with E-state index in [0.29, 0.717) is 25.5 Å². The summed E-state index contributed by atoms with van der Waals surface area (Å²) in [6, 6.07) is 3.55. The van der Waals surface area contributed by atoms with Crippen LogP contribution >= 0.6 is 0 Å². The molecule has 25 heavy (non-hydrogen) atoms. The van der Waals surface area contributed by atoms with Gasteiger partial charge in [-0.05, 0) is 31.9 Å². The van der Waals surface area contributed by atoms with Crippen molar-refractivity contribution in [1.82, 2.24) is 9.21 Å². The Hall–Kier alpha value is -1.64. The van der Waals surface area contributed by atoms with Gasteiger partial charge in [0.05, 0.1) is 31.2 Å². The van der Waals surface area contributed by atoms with Crippen LogP contribution in [0.3, 0.4) is 0 Å². The standard InChI is InChI=1S/C17H26N2O5S/c1-3-9-19(25(21,22)4-2)14-17(20)18(12-15-7-5-10-23-15)13-16-8-6-11-24-16/h3,5,7,10,16H,1,4,6,8-9,11-14H2,2H3. The maximum absolute atomic E-state index is 12.8. The number of hydrogen-bond donors (Lipinski definition) is 0. The molecule has 0 spiro atoms. The molecule has 1 aliphatic rings. The van der Waals surface area contributed by atoms with Gasteiger partial charge < -0.3 is 14.1 Å². The van der Waals surface area contributed by atoms with Gasteiger partial charge in [0.15, 0.2) is 0 Å². The van der Waals surface area contributed by atoms with Gasteiger partial charge in [0, 0.05) is 19.7 Å². The van der Waals surface area contributed by atoms with Crippen LogP contribution in [-0.2, 0) is 26.1 Å². The third-order valence-electron chi connectivity index (χ3n) is 4.13. The average Bonchev–Trinajstić information content (AvgIpc) is 3.27. The Morgan fingerprint density at radius 1 is 1.48 bits per heavy atom. The molecule has 0 radical (unpaired) electrons. The van der Waals surface area contributed by atoms with Crippen LogP contribution in [0.25, 0.3) is 0 Å². The Labute approximate surface area is 149 Å². The molecular formula is C17H26N2O5S. The third kappa shape index (κ3) is 5.69. The van der Waals surface area contributed by atoms with Crippen molar-refractivity contribution in [3.63, 3.8) is 0 Å². The van der Waals surface area contributed by atoms with E-state index in [1.807, 2.05) is 0 Å². The van der Waals surface area contributed by atoms with Crippen LogP contribution in [0.1, 0.15) is 25.5 Å². The van der Waals surface area contributed by atoms with E-state index < -0.39 is 10.0 Å². The number of ether oxygens (including phenoxy) is 1. The van der Waals surface area contributed by atoms with Crippen LogP contribution in [0.5, 0.6) is 0 Å². The molecule has 1 fully saturated rings. The topological polar surface area (TPSA) is 80.1 Å². The Kier molecular flexibility index (Phi) is 7.22. The lowest BCUT2D eigenvalue weighted by atomic mass is 10.2. The smallest absolute Gasteiger partial charge is 0.238 e. The molecule has 140 valence electrons. The highest BCUT2D eigenvalue weighted by molar-refractivity contribution is 7.89. The van der Waals surface area contributed by atoms with E-state index in [1.54, 1.807) is 30.2 Å². The first-order chi connectivity index (χ1) is 12.0. The molecule has 1 aromatic rings. The molecule has 0 saturated carbocycles. The number of furan rings is 1. The summed E-state index contributed by atoms with van der Waals surface area (Å²) in [7, 11) is -3.48. The van der Waals surface area contributed by atoms with Crippen LogP contribution in [0.4, 0.5) is 0 Å². The van der Waals surface area contributed by atoms with Gasteiger partial charge in [0.1, 0.15) is 5.76 Å². The molecule has 0 aromatic carbocycles. The fraction of sp³-hybridized carbons (Fsp3) is 0.588. The highest BCUT2D eigenvalue weighted by atomic mass is 32.2. The largest absolute Gasteiger partial charge is 0.467 e. The Morgan fingerprint density at radius 2 is 2.28 bits per heavy atom. The van der Waals surface area contributed by atoms with Gasteiger partial charge in [-0.15, -0.1) is 6.58 Å². The van der Waals surface area contributed by atoms with Gasteiger partial charge in [-0.2, -0.15) is 4.31 Å². The van der Waals surface area contributed by atoms with Crippen molar-refractivity contribution >= 4 is 15.9 Å². The first kappa shape index (κ1) is 19.7. The van der Waals surface area contributed by atoms with Crippen molar-refractivity contribution in [3.8, 4) is 0 Å². The molecular weight excluding hydrogens is 344 g/mol. The molecule has 1 unspecified atom stereocenters. The summed E-state index contributed by atoms with van der Waals surface area (Å²) in [4.78, 5) is 14.4. The van der Waals surface area contributed by atoms with Crippen LogP contribution in [0, 0.1) is 0 Å². The highest BCUT2D eigenvalue weighted by Gasteiger charge is 2.27. The summed E-state index contributed by atoms with van der Waals surface area (Å²) in [5.41, 5.74) is 0. The van der Waals surface area contributed by atoms with E-state index in [-0.39, 0.29) is 30.9 Å². The number of hydrogen-bond acceptors (Lipinski definition) is 5. The van der Waals surface area contributed by atoms with Gasteiger partial charge in [0.25, 0.3) is 0 Å². The minimum atomic E-state index is -3.48. The van der Waals surface area contributed by atoms with Crippen molar-refractivity contribution in [1.29, 1.82) is 0 Å². The van der Waals surface area contributed by atoms with E-state index >= 15 is 0 Å². The maximum Gasteiger partial charge on any atom is 0.238 e. The van der Waals surface area contributed by atoms with E-state index in [4.69, 9.17) is 9.15 Å². The average molecular weight is 370 g/mol. The monoisotopic (exact) mass is 370 g/mol. The van der Waals surface area contributed by atoms with Gasteiger partial charge in [0.2, 0.25) is 15.9 Å². The number of rotatable bonds is 10. The number of sulfonamides is 1. The lowest BCUT2D eigenvalue weighted by Gasteiger charge is -2.27. The Bertz CT molecular complexity index is 651. The molecule has 1 atom stereocenters. The predicted molar refractivity (Wildman–Crippen MR) is 94.3 cm³/mol. The van der Waals surface area contributed by atoms with Crippen molar-refractivity contribution < 1.29 is 22.4 Å². The normalized spacial score (nSPS) is 17.8. The zero-order valence-corrected chi connectivity index (χ0v) is 15.4. The minimum absolute atomic E-state index is 0.0189. The minimum Gasteiger partial charge on any atom is -0.467 e. The fourth-order valence-corrected chi connectivity index (χ4v) is 3.74. The molecule has 1 aliphatic heterocycles. The molecule has 2 rings (SSSR count). The maximum atomic E-state index is 12.8. The summed E-state index contributed by atoms with van der Waals surface area (Å²) in [6.07, 6.45) is 4.88. The van der Waals surface area contributed by atoms with Crippen molar-refractivity contribution in [2.75, 3.05) is 32.0 Å². The summed E-state index contributed by atoms with van der Waals surface area (Å²) in [6.45, 7) is 6.44. The van der Waals surface area contributed by atoms with E-state index in [9.17, 15) is 13.2 Å². The molecule has 1 saturated heterocycles. The SMILES string of the molecule is C=CCN(CC(=O)N(Cc1ccco1)CC1CCCO1)S(=O)(=O)CC. The van der Waals surface area contributed by atoms with Gasteiger partial charge in [-0.1, -0.05) is 6.08 Å². The fourth-order valence-electron chi connectivity index (χ4n) is 2.73. The zero-order valence-electron chi connectivity index (χ0n) is 14.6. The van der Waals surface area contributed by atoms with Crippen LogP contribution < -0.4 is 0 Å². The second-order valence-corrected chi connectivity index (χ2v) is 8.23. The molecule has 7 nitrogen and oxygen atoms in total. The first-order valence-electron chi connectivity index (χ1n) is 8.46. The summed E-state index contributed by atoms with van der Waals surface area (Å²) < 4.78 is 36.5. The second-order valence-electron chi connectivity index (χ2n) is 5.97. The number of carbonyl (C=O) groups is 1. The summed E-state index contributed by atoms with van der Waals surface area (Å²) in [5, 5.41) is 0. The van der Waals surface area contributed by atoms with Crippen LogP contribution in [-0.4, -0.2) is 61.6 Å². The molecule has 0 N–H and O–H groups in total. The van der Waals surface area contributed by atoms with E-state index in [2.05, 4.69) is 6.58 Å². The van der Waals surface area contributed by atoms with Crippen molar-refractivity contribution in [2.45, 2.75) is 32.4 Å². The van der Waals surface area contributed by atoms with Gasteiger partial charge in [-0.3, -0.25) is 4.79 Å². The predicted octanol–water partition coefficient (Wildman–Crippen LogP) is 1.62. The quantitative estimate of drug-likeness (QED) is 0.585. The summed E-state index contributed by atoms with van der Waals surface area (Å²) in [5.74, 6) is 0.323. The number of amides is 1. The van der Waals surface area contributed by atoms with Crippen molar-refractivity contribution in [3.05, 3.63) is 36.8 Å². The lowest BCUT2D eigenvalue weighted by Crippen LogP contribution is -2.45. The van der Waals surface area contributed by atoms with Crippen LogP contribution in [0.2, 0.25) is 0 Å². The Balaban J connectivity index is 2.10.